The fourth-order valence-corrected chi connectivity index (χ4v) is 3.10. The van der Waals surface area contributed by atoms with Gasteiger partial charge in [-0.1, -0.05) is 12.1 Å². The Morgan fingerprint density at radius 3 is 2.88 bits per heavy atom. The average molecular weight is 326 g/mol. The highest BCUT2D eigenvalue weighted by molar-refractivity contribution is 5.15. The highest BCUT2D eigenvalue weighted by Crippen LogP contribution is 2.18. The van der Waals surface area contributed by atoms with E-state index in [1.807, 2.05) is 35.2 Å². The zero-order valence-electron chi connectivity index (χ0n) is 14.4. The maximum atomic E-state index is 6.01. The van der Waals surface area contributed by atoms with Crippen LogP contribution in [-0.2, 0) is 24.4 Å². The first kappa shape index (κ1) is 16.9. The fraction of sp³-hybridized carbons (Fsp3) is 0.474. The van der Waals surface area contributed by atoms with Gasteiger partial charge in [0, 0.05) is 37.6 Å². The van der Waals surface area contributed by atoms with Crippen molar-refractivity contribution in [2.75, 3.05) is 13.1 Å². The number of ether oxygens (including phenoxy) is 1. The third kappa shape index (κ3) is 4.52. The second kappa shape index (κ2) is 8.22. The van der Waals surface area contributed by atoms with Crippen molar-refractivity contribution in [3.63, 3.8) is 0 Å². The Morgan fingerprint density at radius 1 is 1.33 bits per heavy atom. The Hall–Kier alpha value is -1.98. The van der Waals surface area contributed by atoms with Crippen LogP contribution in [0.4, 0.5) is 0 Å². The van der Waals surface area contributed by atoms with Crippen molar-refractivity contribution in [3.8, 4) is 0 Å². The number of hydrogen-bond donors (Lipinski definition) is 0. The fourth-order valence-electron chi connectivity index (χ4n) is 3.10. The molecule has 128 valence electrons. The highest BCUT2D eigenvalue weighted by atomic mass is 16.5. The first-order valence-corrected chi connectivity index (χ1v) is 8.62. The van der Waals surface area contributed by atoms with Gasteiger partial charge in [0.05, 0.1) is 30.6 Å². The van der Waals surface area contributed by atoms with Gasteiger partial charge in [0.15, 0.2) is 0 Å². The molecule has 0 radical (unpaired) electrons. The Morgan fingerprint density at radius 2 is 2.17 bits per heavy atom. The van der Waals surface area contributed by atoms with Crippen molar-refractivity contribution < 1.29 is 4.74 Å². The normalized spacial score (nSPS) is 16.4. The molecule has 2 aromatic heterocycles. The van der Waals surface area contributed by atoms with Gasteiger partial charge < -0.3 is 4.74 Å². The molecule has 2 aromatic rings. The molecule has 0 atom stereocenters. The zero-order chi connectivity index (χ0) is 16.8. The molecule has 3 rings (SSSR count). The van der Waals surface area contributed by atoms with E-state index in [0.717, 1.165) is 50.4 Å². The lowest BCUT2D eigenvalue weighted by Crippen LogP contribution is -2.36. The molecule has 0 spiro atoms. The smallest absolute Gasteiger partial charge is 0.0891 e. The summed E-state index contributed by atoms with van der Waals surface area (Å²) in [7, 11) is 0. The monoisotopic (exact) mass is 326 g/mol. The standard InChI is InChI=1S/C19H26N4O/c1-3-10-23-14-17(16(2)21-23)13-22-11-7-19(8-12-22)24-15-18-6-4-5-9-20-18/h3-6,9,14,19H,1,7-8,10-13,15H2,2H3. The molecule has 0 saturated carbocycles. The summed E-state index contributed by atoms with van der Waals surface area (Å²) in [6.07, 6.45) is 8.32. The maximum Gasteiger partial charge on any atom is 0.0891 e. The third-order valence-corrected chi connectivity index (χ3v) is 4.49. The van der Waals surface area contributed by atoms with Gasteiger partial charge in [-0.2, -0.15) is 5.10 Å². The van der Waals surface area contributed by atoms with Gasteiger partial charge in [-0.15, -0.1) is 6.58 Å². The molecule has 24 heavy (non-hydrogen) atoms. The minimum atomic E-state index is 0.341. The van der Waals surface area contributed by atoms with E-state index in [9.17, 15) is 0 Å². The van der Waals surface area contributed by atoms with E-state index in [-0.39, 0.29) is 0 Å². The lowest BCUT2D eigenvalue weighted by Gasteiger charge is -2.31. The number of allylic oxidation sites excluding steroid dienone is 1. The molecule has 3 heterocycles. The van der Waals surface area contributed by atoms with Crippen LogP contribution in [0.5, 0.6) is 0 Å². The van der Waals surface area contributed by atoms with Crippen molar-refractivity contribution in [2.24, 2.45) is 0 Å². The first-order chi connectivity index (χ1) is 11.7. The number of likely N-dealkylation sites (tertiary alicyclic amines) is 1. The van der Waals surface area contributed by atoms with Crippen LogP contribution in [0.3, 0.4) is 0 Å². The maximum absolute atomic E-state index is 6.01. The van der Waals surface area contributed by atoms with Crippen LogP contribution < -0.4 is 0 Å². The van der Waals surface area contributed by atoms with E-state index in [4.69, 9.17) is 4.74 Å². The van der Waals surface area contributed by atoms with E-state index < -0.39 is 0 Å². The second-order valence-corrected chi connectivity index (χ2v) is 6.36. The summed E-state index contributed by atoms with van der Waals surface area (Å²) >= 11 is 0. The largest absolute Gasteiger partial charge is 0.372 e. The van der Waals surface area contributed by atoms with Gasteiger partial charge in [-0.05, 0) is 31.9 Å². The summed E-state index contributed by atoms with van der Waals surface area (Å²) in [6, 6.07) is 5.95. The molecule has 1 fully saturated rings. The molecule has 0 unspecified atom stereocenters. The quantitative estimate of drug-likeness (QED) is 0.734. The van der Waals surface area contributed by atoms with Crippen LogP contribution in [0, 0.1) is 6.92 Å². The van der Waals surface area contributed by atoms with Gasteiger partial charge in [0.2, 0.25) is 0 Å². The molecule has 0 amide bonds. The molecule has 0 aromatic carbocycles. The predicted octanol–water partition coefficient (Wildman–Crippen LogP) is 2.95. The number of piperidine rings is 1. The Labute approximate surface area is 144 Å². The van der Waals surface area contributed by atoms with Crippen molar-refractivity contribution >= 4 is 0 Å². The zero-order valence-corrected chi connectivity index (χ0v) is 14.4. The Balaban J connectivity index is 1.44. The van der Waals surface area contributed by atoms with E-state index >= 15 is 0 Å². The lowest BCUT2D eigenvalue weighted by molar-refractivity contribution is -0.00525. The summed E-state index contributed by atoms with van der Waals surface area (Å²) in [5.74, 6) is 0. The van der Waals surface area contributed by atoms with E-state index in [0.29, 0.717) is 12.7 Å². The summed E-state index contributed by atoms with van der Waals surface area (Å²) < 4.78 is 7.97. The molecule has 0 aliphatic carbocycles. The van der Waals surface area contributed by atoms with Crippen molar-refractivity contribution in [3.05, 3.63) is 60.2 Å². The van der Waals surface area contributed by atoms with E-state index in [2.05, 4.69) is 34.7 Å². The van der Waals surface area contributed by atoms with Crippen LogP contribution in [-0.4, -0.2) is 38.9 Å². The molecular weight excluding hydrogens is 300 g/mol. The van der Waals surface area contributed by atoms with Crippen LogP contribution in [0.25, 0.3) is 0 Å². The second-order valence-electron chi connectivity index (χ2n) is 6.36. The topological polar surface area (TPSA) is 43.2 Å². The molecule has 5 heteroatoms. The SMILES string of the molecule is C=CCn1cc(CN2CCC(OCc3ccccn3)CC2)c(C)n1. The molecular formula is C19H26N4O. The molecule has 0 N–H and O–H groups in total. The number of aryl methyl sites for hydroxylation is 1. The van der Waals surface area contributed by atoms with E-state index in [1.54, 1.807) is 0 Å². The predicted molar refractivity (Wildman–Crippen MR) is 94.5 cm³/mol. The van der Waals surface area contributed by atoms with Crippen LogP contribution in [0.2, 0.25) is 0 Å². The number of hydrogen-bond acceptors (Lipinski definition) is 4. The van der Waals surface area contributed by atoms with Crippen molar-refractivity contribution in [2.45, 2.75) is 45.6 Å². The number of nitrogens with zero attached hydrogens (tertiary/aromatic N) is 4. The first-order valence-electron chi connectivity index (χ1n) is 8.62. The molecule has 1 saturated heterocycles. The van der Waals surface area contributed by atoms with Crippen molar-refractivity contribution in [1.29, 1.82) is 0 Å². The number of rotatable bonds is 7. The lowest BCUT2D eigenvalue weighted by atomic mass is 10.1. The van der Waals surface area contributed by atoms with Crippen molar-refractivity contribution in [1.82, 2.24) is 19.7 Å². The van der Waals surface area contributed by atoms with Gasteiger partial charge in [-0.25, -0.2) is 0 Å². The summed E-state index contributed by atoms with van der Waals surface area (Å²) in [6.45, 7) is 10.3. The van der Waals surface area contributed by atoms with E-state index in [1.165, 1.54) is 5.56 Å². The van der Waals surface area contributed by atoms with Gasteiger partial charge in [0.25, 0.3) is 0 Å². The van der Waals surface area contributed by atoms with Crippen LogP contribution in [0.15, 0.2) is 43.2 Å². The Bertz CT molecular complexity index is 645. The van der Waals surface area contributed by atoms with Gasteiger partial charge >= 0.3 is 0 Å². The highest BCUT2D eigenvalue weighted by Gasteiger charge is 2.21. The minimum Gasteiger partial charge on any atom is -0.372 e. The molecule has 0 bridgehead atoms. The molecule has 1 aliphatic rings. The summed E-state index contributed by atoms with van der Waals surface area (Å²) in [5.41, 5.74) is 3.43. The van der Waals surface area contributed by atoms with Gasteiger partial charge in [0.1, 0.15) is 0 Å². The van der Waals surface area contributed by atoms with Gasteiger partial charge in [-0.3, -0.25) is 14.6 Å². The Kier molecular flexibility index (Phi) is 5.77. The summed E-state index contributed by atoms with van der Waals surface area (Å²) in [4.78, 5) is 6.80. The third-order valence-electron chi connectivity index (χ3n) is 4.49. The minimum absolute atomic E-state index is 0.341. The number of pyridine rings is 1. The molecule has 1 aliphatic heterocycles. The van der Waals surface area contributed by atoms with Crippen LogP contribution >= 0.6 is 0 Å². The average Bonchev–Trinajstić information content (AvgIpc) is 2.95. The van der Waals surface area contributed by atoms with Crippen LogP contribution in [0.1, 0.15) is 29.8 Å². The molecule has 5 nitrogen and oxygen atoms in total. The summed E-state index contributed by atoms with van der Waals surface area (Å²) in [5, 5.41) is 4.53. The number of aromatic nitrogens is 3.